The van der Waals surface area contributed by atoms with Crippen LogP contribution in [-0.4, -0.2) is 57.7 Å². The Morgan fingerprint density at radius 3 is 2.58 bits per heavy atom. The fraction of sp³-hybridized carbons (Fsp3) is 0.367. The minimum Gasteiger partial charge on any atom is -0.356 e. The van der Waals surface area contributed by atoms with Crippen molar-refractivity contribution in [2.24, 2.45) is 10.9 Å². The molecule has 1 aliphatic carbocycles. The molecule has 0 bridgehead atoms. The van der Waals surface area contributed by atoms with Crippen molar-refractivity contribution in [3.63, 3.8) is 0 Å². The van der Waals surface area contributed by atoms with Gasteiger partial charge in [-0.1, -0.05) is 44.2 Å². The van der Waals surface area contributed by atoms with E-state index in [4.69, 9.17) is 0 Å². The molecule has 0 spiro atoms. The first-order valence-electron chi connectivity index (χ1n) is 13.5. The Hall–Kier alpha value is -3.95. The summed E-state index contributed by atoms with van der Waals surface area (Å²) in [7, 11) is 0. The number of piperazine rings is 1. The lowest BCUT2D eigenvalue weighted by Crippen LogP contribution is -2.51. The molecule has 2 aliphatic heterocycles. The molecule has 1 amide bonds. The summed E-state index contributed by atoms with van der Waals surface area (Å²) in [5.41, 5.74) is 1.08. The number of halogens is 4. The van der Waals surface area contributed by atoms with Crippen LogP contribution >= 0.6 is 0 Å². The van der Waals surface area contributed by atoms with Gasteiger partial charge >= 0.3 is 6.18 Å². The number of nitrogens with one attached hydrogen (secondary N) is 1. The molecule has 1 fully saturated rings. The van der Waals surface area contributed by atoms with Gasteiger partial charge in [-0.3, -0.25) is 4.79 Å². The van der Waals surface area contributed by atoms with E-state index in [1.807, 2.05) is 32.1 Å². The number of aromatic amines is 1. The van der Waals surface area contributed by atoms with Gasteiger partial charge < -0.3 is 14.8 Å². The van der Waals surface area contributed by atoms with Crippen molar-refractivity contribution < 1.29 is 22.4 Å². The van der Waals surface area contributed by atoms with Crippen molar-refractivity contribution in [1.29, 1.82) is 0 Å². The van der Waals surface area contributed by atoms with Crippen molar-refractivity contribution in [1.82, 2.24) is 19.8 Å². The molecule has 10 heteroatoms. The van der Waals surface area contributed by atoms with Crippen LogP contribution in [0.5, 0.6) is 0 Å². The Morgan fingerprint density at radius 1 is 1.10 bits per heavy atom. The number of aliphatic imine (C=N–C) groups is 1. The molecule has 1 atom stereocenters. The van der Waals surface area contributed by atoms with Gasteiger partial charge in [0.25, 0.3) is 0 Å². The molecule has 3 heterocycles. The topological polar surface area (TPSA) is 64.6 Å². The number of carbonyl (C=O) groups is 1. The smallest absolute Gasteiger partial charge is 0.356 e. The monoisotopic (exact) mass is 555 g/mol. The molecule has 0 radical (unpaired) electrons. The minimum absolute atomic E-state index is 0.0989. The molecule has 1 saturated heterocycles. The number of allylic oxidation sites excluding steroid dienone is 7. The number of hydrogen-bond donors (Lipinski definition) is 1. The molecule has 1 N–H and O–H groups in total. The largest absolute Gasteiger partial charge is 0.416 e. The van der Waals surface area contributed by atoms with Gasteiger partial charge in [0.15, 0.2) is 0 Å². The lowest BCUT2D eigenvalue weighted by molar-refractivity contribution is -0.137. The number of nitrogens with zero attached hydrogens (tertiary/aromatic N) is 4. The van der Waals surface area contributed by atoms with Crippen molar-refractivity contribution in [3.8, 4) is 0 Å². The Morgan fingerprint density at radius 2 is 1.85 bits per heavy atom. The van der Waals surface area contributed by atoms with Crippen molar-refractivity contribution >= 4 is 28.3 Å². The predicted octanol–water partition coefficient (Wildman–Crippen LogP) is 6.83. The molecular weight excluding hydrogens is 522 g/mol. The van der Waals surface area contributed by atoms with E-state index < -0.39 is 17.7 Å². The fourth-order valence-electron chi connectivity index (χ4n) is 4.77. The molecule has 3 aliphatic rings. The lowest BCUT2D eigenvalue weighted by Gasteiger charge is -2.37. The highest BCUT2D eigenvalue weighted by Crippen LogP contribution is 2.32. The third-order valence-electron chi connectivity index (χ3n) is 6.95. The molecular formula is C30H33F4N5O. The zero-order valence-electron chi connectivity index (χ0n) is 22.8. The van der Waals surface area contributed by atoms with Crippen LogP contribution in [0.25, 0.3) is 16.6 Å². The van der Waals surface area contributed by atoms with Gasteiger partial charge in [-0.15, -0.1) is 0 Å². The Balaban J connectivity index is 0.00000181. The van der Waals surface area contributed by atoms with E-state index in [1.54, 1.807) is 30.2 Å². The van der Waals surface area contributed by atoms with E-state index in [-0.39, 0.29) is 11.7 Å². The maximum absolute atomic E-state index is 14.4. The Bertz CT molecular complexity index is 1420. The van der Waals surface area contributed by atoms with Crippen LogP contribution in [0.15, 0.2) is 77.2 Å². The molecule has 1 unspecified atom stereocenters. The van der Waals surface area contributed by atoms with Crippen molar-refractivity contribution in [2.45, 2.75) is 39.8 Å². The average Bonchev–Trinajstić information content (AvgIpc) is 3.08. The van der Waals surface area contributed by atoms with Crippen LogP contribution < -0.4 is 0 Å². The predicted molar refractivity (Wildman–Crippen MR) is 150 cm³/mol. The van der Waals surface area contributed by atoms with E-state index >= 15 is 0 Å². The second kappa shape index (κ2) is 12.5. The molecule has 5 rings (SSSR count). The number of H-pyrrole nitrogens is 1. The number of benzene rings is 1. The molecule has 6 nitrogen and oxygen atoms in total. The first-order valence-corrected chi connectivity index (χ1v) is 13.5. The van der Waals surface area contributed by atoms with Gasteiger partial charge in [0.2, 0.25) is 5.91 Å². The summed E-state index contributed by atoms with van der Waals surface area (Å²) in [6.07, 6.45) is 8.88. The normalized spacial score (nSPS) is 18.6. The standard InChI is InChI=1S/C28H27F4N5O.C2H6/c1-18(21-7-3-2-4-8-22(21)29)27(38)37-14-12-36(13-15-37)25-9-5-6-19(17-33-25)26-34-23-11-10-20(28(30,31)32)16-24(23)35-26;1-2/h2-3,5-8,10-11,16-18H,4,9,12-15H2,1H3,(H,34,35);1-2H3. The van der Waals surface area contributed by atoms with E-state index in [1.165, 1.54) is 12.1 Å². The SMILES string of the molecule is CC.CC(C(=O)N1CCN(C2=NC=C(c3nc4ccc(C(F)(F)F)cc4[nH]3)C=CC2)CC1)C1=CC=CCC=C1F. The van der Waals surface area contributed by atoms with Gasteiger partial charge in [-0.05, 0) is 43.2 Å². The second-order valence-electron chi connectivity index (χ2n) is 9.42. The number of hydrogen-bond acceptors (Lipinski definition) is 4. The summed E-state index contributed by atoms with van der Waals surface area (Å²) >= 11 is 0. The highest BCUT2D eigenvalue weighted by atomic mass is 19.4. The summed E-state index contributed by atoms with van der Waals surface area (Å²) in [6, 6.07) is 3.42. The second-order valence-corrected chi connectivity index (χ2v) is 9.42. The highest BCUT2D eigenvalue weighted by Gasteiger charge is 2.31. The van der Waals surface area contributed by atoms with E-state index in [9.17, 15) is 22.4 Å². The lowest BCUT2D eigenvalue weighted by atomic mass is 9.97. The number of amidine groups is 1. The molecule has 0 saturated carbocycles. The molecule has 2 aromatic rings. The number of fused-ring (bicyclic) bond motifs is 1. The quantitative estimate of drug-likeness (QED) is 0.423. The summed E-state index contributed by atoms with van der Waals surface area (Å²) in [5.74, 6) is 0.256. The molecule has 212 valence electrons. The van der Waals surface area contributed by atoms with Crippen LogP contribution in [0.2, 0.25) is 0 Å². The van der Waals surface area contributed by atoms with E-state index in [2.05, 4.69) is 19.9 Å². The van der Waals surface area contributed by atoms with Gasteiger partial charge in [-0.2, -0.15) is 13.2 Å². The molecule has 40 heavy (non-hydrogen) atoms. The van der Waals surface area contributed by atoms with Gasteiger partial charge in [0.05, 0.1) is 22.5 Å². The molecule has 1 aromatic carbocycles. The number of alkyl halides is 3. The van der Waals surface area contributed by atoms with Gasteiger partial charge in [0.1, 0.15) is 17.5 Å². The van der Waals surface area contributed by atoms with E-state index in [0.29, 0.717) is 67.0 Å². The fourth-order valence-corrected chi connectivity index (χ4v) is 4.77. The summed E-state index contributed by atoms with van der Waals surface area (Å²) in [5, 5.41) is 0. The maximum Gasteiger partial charge on any atom is 0.416 e. The number of carbonyl (C=O) groups excluding carboxylic acids is 1. The van der Waals surface area contributed by atoms with Crippen molar-refractivity contribution in [3.05, 3.63) is 83.6 Å². The van der Waals surface area contributed by atoms with Crippen LogP contribution in [0.4, 0.5) is 17.6 Å². The Kier molecular flexibility index (Phi) is 9.07. The third kappa shape index (κ3) is 6.43. The zero-order chi connectivity index (χ0) is 28.9. The number of rotatable bonds is 3. The summed E-state index contributed by atoms with van der Waals surface area (Å²) < 4.78 is 53.6. The summed E-state index contributed by atoms with van der Waals surface area (Å²) in [4.78, 5) is 29.0. The van der Waals surface area contributed by atoms with Crippen molar-refractivity contribution in [2.75, 3.05) is 26.2 Å². The first kappa shape index (κ1) is 29.0. The van der Waals surface area contributed by atoms with Crippen LogP contribution in [0.1, 0.15) is 45.0 Å². The minimum atomic E-state index is -4.43. The average molecular weight is 556 g/mol. The van der Waals surface area contributed by atoms with Crippen LogP contribution in [0.3, 0.4) is 0 Å². The highest BCUT2D eigenvalue weighted by molar-refractivity contribution is 5.89. The third-order valence-corrected chi connectivity index (χ3v) is 6.95. The van der Waals surface area contributed by atoms with Gasteiger partial charge in [-0.25, -0.2) is 14.4 Å². The van der Waals surface area contributed by atoms with Crippen LogP contribution in [-0.2, 0) is 11.0 Å². The maximum atomic E-state index is 14.4. The number of imidazole rings is 1. The first-order chi connectivity index (χ1) is 19.2. The Labute approximate surface area is 231 Å². The zero-order valence-corrected chi connectivity index (χ0v) is 22.8. The number of aromatic nitrogens is 2. The number of amides is 1. The van der Waals surface area contributed by atoms with E-state index in [0.717, 1.165) is 18.0 Å². The summed E-state index contributed by atoms with van der Waals surface area (Å²) in [6.45, 7) is 7.93. The van der Waals surface area contributed by atoms with Crippen LogP contribution in [0, 0.1) is 5.92 Å². The van der Waals surface area contributed by atoms with Gasteiger partial charge in [0, 0.05) is 44.4 Å². The molecule has 1 aromatic heterocycles.